The number of hydrogen-bond acceptors (Lipinski definition) is 4. The summed E-state index contributed by atoms with van der Waals surface area (Å²) >= 11 is 0. The van der Waals surface area contributed by atoms with Crippen LogP contribution in [0.3, 0.4) is 0 Å². The Morgan fingerprint density at radius 2 is 2.47 bits per heavy atom. The predicted molar refractivity (Wildman–Crippen MR) is 70.2 cm³/mol. The zero-order valence-corrected chi connectivity index (χ0v) is 11.4. The van der Waals surface area contributed by atoms with Crippen molar-refractivity contribution in [3.8, 4) is 0 Å². The van der Waals surface area contributed by atoms with Crippen LogP contribution in [0, 0.1) is 5.92 Å². The van der Waals surface area contributed by atoms with Crippen molar-refractivity contribution in [2.45, 2.75) is 51.2 Å². The summed E-state index contributed by atoms with van der Waals surface area (Å²) in [6.07, 6.45) is 7.43. The molecule has 0 radical (unpaired) electrons. The Kier molecular flexibility index (Phi) is 4.52. The van der Waals surface area contributed by atoms with Crippen LogP contribution in [0.4, 0.5) is 0 Å². The molecule has 0 bridgehead atoms. The van der Waals surface area contributed by atoms with Crippen LogP contribution in [-0.2, 0) is 11.3 Å². The van der Waals surface area contributed by atoms with Crippen LogP contribution in [0.15, 0.2) is 12.4 Å². The summed E-state index contributed by atoms with van der Waals surface area (Å²) in [5.74, 6) is 0.480. The fraction of sp³-hybridized carbons (Fsp3) is 0.769. The average molecular weight is 266 g/mol. The van der Waals surface area contributed by atoms with Gasteiger partial charge in [0.25, 0.3) is 0 Å². The number of rotatable bonds is 5. The van der Waals surface area contributed by atoms with Crippen LogP contribution in [0.5, 0.6) is 0 Å². The topological polar surface area (TPSA) is 80.0 Å². The van der Waals surface area contributed by atoms with Crippen molar-refractivity contribution in [2.75, 3.05) is 6.54 Å². The standard InChI is InChI=1S/C13H22N4O2/c1-11-3-2-5-13(19,9-11)10-14-12(18)4-7-17-8-6-15-16-17/h6,8,11,19H,2-5,7,9-10H2,1H3,(H,14,18). The minimum Gasteiger partial charge on any atom is -0.388 e. The van der Waals surface area contributed by atoms with Crippen molar-refractivity contribution in [3.05, 3.63) is 12.4 Å². The van der Waals surface area contributed by atoms with E-state index in [9.17, 15) is 9.90 Å². The molecule has 19 heavy (non-hydrogen) atoms. The van der Waals surface area contributed by atoms with E-state index in [1.165, 1.54) is 6.42 Å². The molecular weight excluding hydrogens is 244 g/mol. The predicted octanol–water partition coefficient (Wildman–Crippen LogP) is 0.726. The zero-order chi connectivity index (χ0) is 13.7. The minimum absolute atomic E-state index is 0.0536. The molecule has 2 N–H and O–H groups in total. The molecule has 0 aliphatic heterocycles. The normalized spacial score (nSPS) is 27.2. The molecule has 2 atom stereocenters. The van der Waals surface area contributed by atoms with Gasteiger partial charge >= 0.3 is 0 Å². The number of aryl methyl sites for hydroxylation is 1. The van der Waals surface area contributed by atoms with Gasteiger partial charge in [-0.3, -0.25) is 9.48 Å². The van der Waals surface area contributed by atoms with Gasteiger partial charge in [-0.1, -0.05) is 25.0 Å². The van der Waals surface area contributed by atoms with Crippen LogP contribution in [-0.4, -0.2) is 38.2 Å². The first-order chi connectivity index (χ1) is 9.07. The lowest BCUT2D eigenvalue weighted by molar-refractivity contribution is -0.123. The second kappa shape index (κ2) is 6.14. The first-order valence-electron chi connectivity index (χ1n) is 6.91. The Hall–Kier alpha value is -1.43. The van der Waals surface area contributed by atoms with E-state index < -0.39 is 5.60 Å². The van der Waals surface area contributed by atoms with Crippen molar-refractivity contribution in [1.82, 2.24) is 20.3 Å². The fourth-order valence-corrected chi connectivity index (χ4v) is 2.71. The number of carbonyl (C=O) groups is 1. The molecule has 0 aromatic carbocycles. The van der Waals surface area contributed by atoms with E-state index in [1.807, 2.05) is 0 Å². The summed E-state index contributed by atoms with van der Waals surface area (Å²) in [5.41, 5.74) is -0.722. The second-order valence-electron chi connectivity index (χ2n) is 5.62. The van der Waals surface area contributed by atoms with Gasteiger partial charge in [-0.05, 0) is 18.8 Å². The maximum absolute atomic E-state index is 11.7. The van der Waals surface area contributed by atoms with Crippen molar-refractivity contribution in [1.29, 1.82) is 0 Å². The van der Waals surface area contributed by atoms with Gasteiger partial charge in [0.05, 0.1) is 18.3 Å². The fourth-order valence-electron chi connectivity index (χ4n) is 2.71. The lowest BCUT2D eigenvalue weighted by Gasteiger charge is -2.35. The van der Waals surface area contributed by atoms with E-state index >= 15 is 0 Å². The van der Waals surface area contributed by atoms with E-state index in [0.717, 1.165) is 19.3 Å². The summed E-state index contributed by atoms with van der Waals surface area (Å²) in [4.78, 5) is 11.7. The first-order valence-corrected chi connectivity index (χ1v) is 6.91. The van der Waals surface area contributed by atoms with Crippen LogP contribution in [0.25, 0.3) is 0 Å². The van der Waals surface area contributed by atoms with E-state index in [4.69, 9.17) is 0 Å². The molecule has 1 fully saturated rings. The lowest BCUT2D eigenvalue weighted by Crippen LogP contribution is -2.45. The Balaban J connectivity index is 1.70. The van der Waals surface area contributed by atoms with Gasteiger partial charge < -0.3 is 10.4 Å². The molecule has 1 aromatic heterocycles. The molecule has 1 aliphatic carbocycles. The highest BCUT2D eigenvalue weighted by molar-refractivity contribution is 5.75. The third-order valence-electron chi connectivity index (χ3n) is 3.72. The summed E-state index contributed by atoms with van der Waals surface area (Å²) < 4.78 is 1.62. The Morgan fingerprint density at radius 1 is 1.63 bits per heavy atom. The summed E-state index contributed by atoms with van der Waals surface area (Å²) in [7, 11) is 0. The van der Waals surface area contributed by atoms with E-state index in [2.05, 4.69) is 22.6 Å². The van der Waals surface area contributed by atoms with Gasteiger partial charge in [0, 0.05) is 19.2 Å². The molecule has 1 aliphatic rings. The third kappa shape index (κ3) is 4.31. The van der Waals surface area contributed by atoms with Crippen molar-refractivity contribution in [3.63, 3.8) is 0 Å². The quantitative estimate of drug-likeness (QED) is 0.823. The number of aromatic nitrogens is 3. The van der Waals surface area contributed by atoms with Crippen LogP contribution < -0.4 is 5.32 Å². The molecule has 106 valence electrons. The van der Waals surface area contributed by atoms with Gasteiger partial charge in [0.1, 0.15) is 0 Å². The van der Waals surface area contributed by atoms with Crippen molar-refractivity contribution >= 4 is 5.91 Å². The summed E-state index contributed by atoms with van der Waals surface area (Å²) in [6.45, 7) is 3.02. The Labute approximate surface area is 113 Å². The van der Waals surface area contributed by atoms with Gasteiger partial charge in [-0.2, -0.15) is 0 Å². The number of nitrogens with zero attached hydrogens (tertiary/aromatic N) is 3. The number of hydrogen-bond donors (Lipinski definition) is 2. The molecule has 1 saturated carbocycles. The SMILES string of the molecule is CC1CCCC(O)(CNC(=O)CCn2ccnn2)C1. The molecule has 1 heterocycles. The van der Waals surface area contributed by atoms with Crippen LogP contribution in [0.1, 0.15) is 39.0 Å². The highest BCUT2D eigenvalue weighted by Gasteiger charge is 2.32. The van der Waals surface area contributed by atoms with Crippen LogP contribution in [0.2, 0.25) is 0 Å². The van der Waals surface area contributed by atoms with Gasteiger partial charge in [0.2, 0.25) is 5.91 Å². The monoisotopic (exact) mass is 266 g/mol. The number of aliphatic hydroxyl groups is 1. The Bertz CT molecular complexity index is 407. The maximum atomic E-state index is 11.7. The molecule has 1 amide bonds. The molecular formula is C13H22N4O2. The van der Waals surface area contributed by atoms with Gasteiger partial charge in [-0.15, -0.1) is 5.10 Å². The molecule has 0 spiro atoms. The first kappa shape index (κ1) is 14.0. The van der Waals surface area contributed by atoms with Gasteiger partial charge in [0.15, 0.2) is 0 Å². The Morgan fingerprint density at radius 3 is 3.16 bits per heavy atom. The third-order valence-corrected chi connectivity index (χ3v) is 3.72. The average Bonchev–Trinajstić information content (AvgIpc) is 2.87. The molecule has 0 saturated heterocycles. The van der Waals surface area contributed by atoms with Crippen LogP contribution >= 0.6 is 0 Å². The summed E-state index contributed by atoms with van der Waals surface area (Å²) in [5, 5.41) is 20.7. The van der Waals surface area contributed by atoms with Crippen molar-refractivity contribution in [2.24, 2.45) is 5.92 Å². The number of amides is 1. The highest BCUT2D eigenvalue weighted by Crippen LogP contribution is 2.31. The molecule has 2 rings (SSSR count). The largest absolute Gasteiger partial charge is 0.388 e. The maximum Gasteiger partial charge on any atom is 0.221 e. The van der Waals surface area contributed by atoms with E-state index in [-0.39, 0.29) is 5.91 Å². The van der Waals surface area contributed by atoms with Gasteiger partial charge in [-0.25, -0.2) is 0 Å². The number of nitrogens with one attached hydrogen (secondary N) is 1. The zero-order valence-electron chi connectivity index (χ0n) is 11.4. The summed E-state index contributed by atoms with van der Waals surface area (Å²) in [6, 6.07) is 0. The second-order valence-corrected chi connectivity index (χ2v) is 5.62. The van der Waals surface area contributed by atoms with Crippen molar-refractivity contribution < 1.29 is 9.90 Å². The molecule has 2 unspecified atom stereocenters. The molecule has 1 aromatic rings. The smallest absolute Gasteiger partial charge is 0.221 e. The minimum atomic E-state index is -0.722. The van der Waals surface area contributed by atoms with E-state index in [1.54, 1.807) is 17.1 Å². The van der Waals surface area contributed by atoms with E-state index in [0.29, 0.717) is 25.4 Å². The molecule has 6 nitrogen and oxygen atoms in total. The lowest BCUT2D eigenvalue weighted by atomic mass is 9.79. The molecule has 6 heteroatoms. The number of carbonyl (C=O) groups excluding carboxylic acids is 1. The highest BCUT2D eigenvalue weighted by atomic mass is 16.3.